The highest BCUT2D eigenvalue weighted by molar-refractivity contribution is 7.91. The van der Waals surface area contributed by atoms with Crippen LogP contribution in [0.3, 0.4) is 0 Å². The van der Waals surface area contributed by atoms with Crippen molar-refractivity contribution in [1.82, 2.24) is 9.97 Å². The van der Waals surface area contributed by atoms with E-state index in [0.717, 1.165) is 0 Å². The highest BCUT2D eigenvalue weighted by Crippen LogP contribution is 2.46. The molecule has 4 rings (SSSR count). The Bertz CT molecular complexity index is 1400. The number of ketones is 1. The van der Waals surface area contributed by atoms with E-state index in [9.17, 15) is 23.1 Å². The molecular formula is C26H27N3O5S. The first-order chi connectivity index (χ1) is 16.5. The average molecular weight is 494 g/mol. The predicted molar refractivity (Wildman–Crippen MR) is 131 cm³/mol. The molecule has 1 atom stereocenters. The van der Waals surface area contributed by atoms with E-state index in [1.807, 2.05) is 13.8 Å². The quantitative estimate of drug-likeness (QED) is 0.536. The summed E-state index contributed by atoms with van der Waals surface area (Å²) in [5, 5.41) is 13.0. The zero-order valence-electron chi connectivity index (χ0n) is 19.8. The largest absolute Gasteiger partial charge is 0.506 e. The fraction of sp³-hybridized carbons (Fsp3) is 0.308. The van der Waals surface area contributed by atoms with Crippen molar-refractivity contribution >= 4 is 27.3 Å². The number of fused-ring (bicyclic) bond motifs is 1. The van der Waals surface area contributed by atoms with E-state index >= 15 is 0 Å². The predicted octanol–water partition coefficient (Wildman–Crippen LogP) is 3.71. The number of aromatic nitrogens is 2. The number of nitrogens with zero attached hydrogens (tertiary/aromatic N) is 2. The Labute approximate surface area is 204 Å². The maximum atomic E-state index is 13.4. The van der Waals surface area contributed by atoms with E-state index < -0.39 is 21.2 Å². The summed E-state index contributed by atoms with van der Waals surface area (Å²) in [6.45, 7) is 5.45. The van der Waals surface area contributed by atoms with Gasteiger partial charge in [-0.2, -0.15) is 0 Å². The number of aromatic hydroxyl groups is 1. The molecule has 2 heterocycles. The normalized spacial score (nSPS) is 17.0. The number of benzene rings is 1. The summed E-state index contributed by atoms with van der Waals surface area (Å²) in [6, 6.07) is 12.6. The van der Waals surface area contributed by atoms with Crippen LogP contribution >= 0.6 is 0 Å². The second-order valence-electron chi connectivity index (χ2n) is 9.33. The van der Waals surface area contributed by atoms with Crippen LogP contribution in [0.4, 0.5) is 5.82 Å². The third-order valence-corrected chi connectivity index (χ3v) is 8.04. The van der Waals surface area contributed by atoms with E-state index in [4.69, 9.17) is 0 Å². The Hall–Kier alpha value is -3.59. The van der Waals surface area contributed by atoms with E-state index in [2.05, 4.69) is 15.3 Å². The van der Waals surface area contributed by atoms with Crippen molar-refractivity contribution in [3.63, 3.8) is 0 Å². The van der Waals surface area contributed by atoms with Crippen LogP contribution in [-0.4, -0.2) is 40.9 Å². The number of anilines is 1. The summed E-state index contributed by atoms with van der Waals surface area (Å²) in [5.74, 6) is -0.752. The Morgan fingerprint density at radius 1 is 1.14 bits per heavy atom. The highest BCUT2D eigenvalue weighted by atomic mass is 32.2. The van der Waals surface area contributed by atoms with Crippen LogP contribution in [0.15, 0.2) is 59.6 Å². The van der Waals surface area contributed by atoms with E-state index in [0.29, 0.717) is 34.8 Å². The van der Waals surface area contributed by atoms with Gasteiger partial charge in [0.15, 0.2) is 15.6 Å². The second kappa shape index (κ2) is 9.22. The summed E-state index contributed by atoms with van der Waals surface area (Å²) >= 11 is 0. The fourth-order valence-corrected chi connectivity index (χ4v) is 5.34. The van der Waals surface area contributed by atoms with Crippen LogP contribution in [0.5, 0.6) is 5.75 Å². The number of carbonyl (C=O) groups excluding carboxylic acids is 2. The fourth-order valence-electron chi connectivity index (χ4n) is 4.45. The summed E-state index contributed by atoms with van der Waals surface area (Å²) in [7, 11) is -3.29. The minimum atomic E-state index is -3.29. The number of pyridine rings is 2. The molecule has 2 N–H and O–H groups in total. The van der Waals surface area contributed by atoms with Gasteiger partial charge >= 0.3 is 0 Å². The molecule has 1 unspecified atom stereocenters. The van der Waals surface area contributed by atoms with Gasteiger partial charge in [0.2, 0.25) is 5.91 Å². The standard InChI is InChI=1S/C26H27N3O5S/c1-4-35(33,34)17-9-7-16(8-10-17)14-22(31)29-21-12-11-18-19(28-21)15-26(2,3)23(25(18)32)24-20(30)6-5-13-27-24/h5-13,23,30H,4,14-15H2,1-3H3,(H,28,29,31). The van der Waals surface area contributed by atoms with Gasteiger partial charge in [-0.3, -0.25) is 14.6 Å². The molecule has 0 bridgehead atoms. The lowest BCUT2D eigenvalue weighted by atomic mass is 9.66. The molecule has 1 aliphatic rings. The summed E-state index contributed by atoms with van der Waals surface area (Å²) in [5.41, 5.74) is 1.50. The zero-order valence-corrected chi connectivity index (χ0v) is 20.6. The average Bonchev–Trinajstić information content (AvgIpc) is 2.80. The number of hydrogen-bond acceptors (Lipinski definition) is 7. The Morgan fingerprint density at radius 3 is 2.51 bits per heavy atom. The number of hydrogen-bond donors (Lipinski definition) is 2. The number of sulfone groups is 1. The SMILES string of the molecule is CCS(=O)(=O)c1ccc(CC(=O)Nc2ccc3c(n2)CC(C)(C)C(c2ncccc2O)C3=O)cc1. The van der Waals surface area contributed by atoms with E-state index in [-0.39, 0.29) is 34.5 Å². The zero-order chi connectivity index (χ0) is 25.4. The van der Waals surface area contributed by atoms with Gasteiger partial charge in [0.25, 0.3) is 0 Å². The van der Waals surface area contributed by atoms with Crippen LogP contribution in [0, 0.1) is 5.41 Å². The van der Waals surface area contributed by atoms with Crippen LogP contribution in [0.25, 0.3) is 0 Å². The topological polar surface area (TPSA) is 126 Å². The van der Waals surface area contributed by atoms with E-state index in [1.54, 1.807) is 43.5 Å². The molecule has 0 radical (unpaired) electrons. The van der Waals surface area contributed by atoms with Crippen molar-refractivity contribution in [2.75, 3.05) is 11.1 Å². The molecule has 35 heavy (non-hydrogen) atoms. The molecule has 0 saturated heterocycles. The third kappa shape index (κ3) is 4.95. The number of Topliss-reactive ketones (excluding diaryl/α,β-unsaturated/α-hetero) is 1. The van der Waals surface area contributed by atoms with Gasteiger partial charge < -0.3 is 10.4 Å². The van der Waals surface area contributed by atoms with Gasteiger partial charge in [-0.25, -0.2) is 13.4 Å². The second-order valence-corrected chi connectivity index (χ2v) is 11.6. The molecule has 0 aliphatic heterocycles. The molecule has 0 fully saturated rings. The van der Waals surface area contributed by atoms with Crippen molar-refractivity contribution in [1.29, 1.82) is 0 Å². The van der Waals surface area contributed by atoms with Gasteiger partial charge in [0, 0.05) is 11.8 Å². The van der Waals surface area contributed by atoms with Crippen molar-refractivity contribution in [3.05, 3.63) is 77.2 Å². The Morgan fingerprint density at radius 2 is 1.86 bits per heavy atom. The number of rotatable bonds is 6. The molecule has 9 heteroatoms. The first-order valence-electron chi connectivity index (χ1n) is 11.3. The molecule has 1 amide bonds. The first kappa shape index (κ1) is 24.5. The van der Waals surface area contributed by atoms with Crippen molar-refractivity contribution in [2.24, 2.45) is 5.41 Å². The Kier molecular flexibility index (Phi) is 6.46. The molecule has 1 aromatic carbocycles. The number of carbonyl (C=O) groups is 2. The summed E-state index contributed by atoms with van der Waals surface area (Å²) in [4.78, 5) is 35.0. The lowest BCUT2D eigenvalue weighted by Crippen LogP contribution is -2.37. The minimum absolute atomic E-state index is 0.0138. The first-order valence-corrected chi connectivity index (χ1v) is 13.0. The smallest absolute Gasteiger partial charge is 0.229 e. The summed E-state index contributed by atoms with van der Waals surface area (Å²) < 4.78 is 23.9. The Balaban J connectivity index is 1.51. The third-order valence-electron chi connectivity index (χ3n) is 6.29. The van der Waals surface area contributed by atoms with Gasteiger partial charge in [-0.05, 0) is 53.8 Å². The maximum absolute atomic E-state index is 13.4. The van der Waals surface area contributed by atoms with Crippen LogP contribution in [0.1, 0.15) is 54.0 Å². The molecule has 2 aromatic heterocycles. The van der Waals surface area contributed by atoms with Gasteiger partial charge in [-0.15, -0.1) is 0 Å². The van der Waals surface area contributed by atoms with Crippen molar-refractivity contribution in [3.8, 4) is 5.75 Å². The minimum Gasteiger partial charge on any atom is -0.506 e. The van der Waals surface area contributed by atoms with Gasteiger partial charge in [0.05, 0.1) is 34.4 Å². The van der Waals surface area contributed by atoms with Gasteiger partial charge in [0.1, 0.15) is 11.6 Å². The van der Waals surface area contributed by atoms with Gasteiger partial charge in [-0.1, -0.05) is 32.9 Å². The monoisotopic (exact) mass is 493 g/mol. The molecule has 182 valence electrons. The summed E-state index contributed by atoms with van der Waals surface area (Å²) in [6.07, 6.45) is 2.07. The van der Waals surface area contributed by atoms with Crippen LogP contribution in [0.2, 0.25) is 0 Å². The van der Waals surface area contributed by atoms with Crippen molar-refractivity contribution in [2.45, 2.75) is 44.4 Å². The van der Waals surface area contributed by atoms with Crippen LogP contribution in [-0.2, 0) is 27.5 Å². The van der Waals surface area contributed by atoms with E-state index in [1.165, 1.54) is 18.2 Å². The highest BCUT2D eigenvalue weighted by Gasteiger charge is 2.44. The molecule has 3 aromatic rings. The molecular weight excluding hydrogens is 466 g/mol. The lowest BCUT2D eigenvalue weighted by molar-refractivity contribution is -0.115. The number of amides is 1. The van der Waals surface area contributed by atoms with Crippen molar-refractivity contribution < 1.29 is 23.1 Å². The lowest BCUT2D eigenvalue weighted by Gasteiger charge is -2.37. The van der Waals surface area contributed by atoms with Crippen LogP contribution < -0.4 is 5.32 Å². The molecule has 0 saturated carbocycles. The molecule has 1 aliphatic carbocycles. The molecule has 0 spiro atoms. The number of nitrogens with one attached hydrogen (secondary N) is 1. The molecule has 8 nitrogen and oxygen atoms in total. The maximum Gasteiger partial charge on any atom is 0.229 e.